The Bertz CT molecular complexity index is 421. The lowest BCUT2D eigenvalue weighted by atomic mass is 10.1. The summed E-state index contributed by atoms with van der Waals surface area (Å²) in [5.74, 6) is 0.0312. The SMILES string of the molecule is CCC(C)NC(=O)c1c(Cl)ccc(Cl)c1OC. The number of rotatable bonds is 4. The summed E-state index contributed by atoms with van der Waals surface area (Å²) >= 11 is 12.0. The quantitative estimate of drug-likeness (QED) is 0.913. The molecule has 0 bridgehead atoms. The molecule has 0 aliphatic heterocycles. The molecule has 1 aromatic rings. The van der Waals surface area contributed by atoms with Crippen LogP contribution in [0, 0.1) is 0 Å². The Morgan fingerprint density at radius 2 is 2.00 bits per heavy atom. The van der Waals surface area contributed by atoms with E-state index in [-0.39, 0.29) is 17.5 Å². The summed E-state index contributed by atoms with van der Waals surface area (Å²) in [5.41, 5.74) is 0.280. The highest BCUT2D eigenvalue weighted by molar-refractivity contribution is 6.37. The van der Waals surface area contributed by atoms with Gasteiger partial charge in [0.1, 0.15) is 5.56 Å². The Morgan fingerprint density at radius 3 is 2.53 bits per heavy atom. The molecule has 1 amide bonds. The van der Waals surface area contributed by atoms with Gasteiger partial charge >= 0.3 is 0 Å². The van der Waals surface area contributed by atoms with Gasteiger partial charge in [-0.05, 0) is 25.5 Å². The van der Waals surface area contributed by atoms with Crippen molar-refractivity contribution < 1.29 is 9.53 Å². The molecule has 0 spiro atoms. The van der Waals surface area contributed by atoms with Crippen LogP contribution in [-0.4, -0.2) is 19.1 Å². The zero-order valence-electron chi connectivity index (χ0n) is 10.0. The molecule has 5 heteroatoms. The fourth-order valence-corrected chi connectivity index (χ4v) is 1.81. The molecule has 0 saturated heterocycles. The number of ether oxygens (including phenoxy) is 1. The third-order valence-electron chi connectivity index (χ3n) is 2.48. The molecular weight excluding hydrogens is 261 g/mol. The van der Waals surface area contributed by atoms with Crippen LogP contribution in [-0.2, 0) is 0 Å². The number of halogens is 2. The Hall–Kier alpha value is -0.930. The smallest absolute Gasteiger partial charge is 0.256 e. The van der Waals surface area contributed by atoms with Crippen molar-refractivity contribution in [2.24, 2.45) is 0 Å². The second kappa shape index (κ2) is 6.12. The van der Waals surface area contributed by atoms with Crippen LogP contribution in [0.2, 0.25) is 10.0 Å². The Morgan fingerprint density at radius 1 is 1.41 bits per heavy atom. The predicted molar refractivity (Wildman–Crippen MR) is 70.2 cm³/mol. The van der Waals surface area contributed by atoms with E-state index in [1.807, 2.05) is 13.8 Å². The molecular formula is C12H15Cl2NO2. The summed E-state index contributed by atoms with van der Waals surface area (Å²) < 4.78 is 5.12. The molecule has 94 valence electrons. The van der Waals surface area contributed by atoms with Crippen LogP contribution in [0.25, 0.3) is 0 Å². The van der Waals surface area contributed by atoms with E-state index in [4.69, 9.17) is 27.9 Å². The van der Waals surface area contributed by atoms with E-state index < -0.39 is 0 Å². The van der Waals surface area contributed by atoms with Crippen LogP contribution in [0.15, 0.2) is 12.1 Å². The number of carbonyl (C=O) groups excluding carboxylic acids is 1. The fraction of sp³-hybridized carbons (Fsp3) is 0.417. The zero-order chi connectivity index (χ0) is 13.0. The second-order valence-corrected chi connectivity index (χ2v) is 4.53. The summed E-state index contributed by atoms with van der Waals surface area (Å²) in [5, 5.41) is 3.52. The van der Waals surface area contributed by atoms with Gasteiger partial charge in [-0.2, -0.15) is 0 Å². The van der Waals surface area contributed by atoms with Crippen molar-refractivity contribution in [2.75, 3.05) is 7.11 Å². The van der Waals surface area contributed by atoms with Gasteiger partial charge in [0.15, 0.2) is 5.75 Å². The van der Waals surface area contributed by atoms with Crippen LogP contribution in [0.3, 0.4) is 0 Å². The maximum Gasteiger partial charge on any atom is 0.256 e. The van der Waals surface area contributed by atoms with E-state index >= 15 is 0 Å². The topological polar surface area (TPSA) is 38.3 Å². The first-order chi connectivity index (χ1) is 8.01. The third-order valence-corrected chi connectivity index (χ3v) is 3.09. The lowest BCUT2D eigenvalue weighted by Crippen LogP contribution is -2.32. The van der Waals surface area contributed by atoms with Gasteiger partial charge in [-0.15, -0.1) is 0 Å². The normalized spacial score (nSPS) is 12.1. The minimum Gasteiger partial charge on any atom is -0.494 e. The molecule has 0 heterocycles. The van der Waals surface area contributed by atoms with E-state index in [9.17, 15) is 4.79 Å². The highest BCUT2D eigenvalue weighted by Gasteiger charge is 2.20. The summed E-state index contributed by atoms with van der Waals surface area (Å²) in [7, 11) is 1.46. The average molecular weight is 276 g/mol. The monoisotopic (exact) mass is 275 g/mol. The number of methoxy groups -OCH3 is 1. The maximum absolute atomic E-state index is 12.0. The minimum atomic E-state index is -0.274. The minimum absolute atomic E-state index is 0.0715. The molecule has 1 N–H and O–H groups in total. The van der Waals surface area contributed by atoms with Crippen molar-refractivity contribution in [3.8, 4) is 5.75 Å². The van der Waals surface area contributed by atoms with Crippen LogP contribution >= 0.6 is 23.2 Å². The first kappa shape index (κ1) is 14.1. The summed E-state index contributed by atoms with van der Waals surface area (Å²) in [6.07, 6.45) is 0.840. The molecule has 1 atom stereocenters. The Balaban J connectivity index is 3.11. The molecule has 0 aromatic heterocycles. The lowest BCUT2D eigenvalue weighted by Gasteiger charge is -2.15. The van der Waals surface area contributed by atoms with Gasteiger partial charge in [0, 0.05) is 6.04 Å². The zero-order valence-corrected chi connectivity index (χ0v) is 11.5. The summed E-state index contributed by atoms with van der Waals surface area (Å²) in [6.45, 7) is 3.91. The molecule has 0 fully saturated rings. The molecule has 1 aromatic carbocycles. The van der Waals surface area contributed by atoms with Gasteiger partial charge < -0.3 is 10.1 Å². The summed E-state index contributed by atoms with van der Waals surface area (Å²) in [6, 6.07) is 3.25. The van der Waals surface area contributed by atoms with Gasteiger partial charge in [-0.1, -0.05) is 30.1 Å². The van der Waals surface area contributed by atoms with Crippen molar-refractivity contribution >= 4 is 29.1 Å². The predicted octanol–water partition coefficient (Wildman–Crippen LogP) is 3.53. The highest BCUT2D eigenvalue weighted by Crippen LogP contribution is 2.33. The van der Waals surface area contributed by atoms with Crippen molar-refractivity contribution in [1.29, 1.82) is 0 Å². The molecule has 1 unspecified atom stereocenters. The molecule has 0 aliphatic carbocycles. The van der Waals surface area contributed by atoms with Crippen LogP contribution < -0.4 is 10.1 Å². The van der Waals surface area contributed by atoms with E-state index in [0.717, 1.165) is 6.42 Å². The van der Waals surface area contributed by atoms with E-state index in [1.165, 1.54) is 7.11 Å². The number of amides is 1. The number of nitrogens with one attached hydrogen (secondary N) is 1. The van der Waals surface area contributed by atoms with Crippen molar-refractivity contribution in [2.45, 2.75) is 26.3 Å². The number of benzene rings is 1. The number of hydrogen-bond donors (Lipinski definition) is 1. The van der Waals surface area contributed by atoms with Crippen LogP contribution in [0.1, 0.15) is 30.6 Å². The van der Waals surface area contributed by atoms with Gasteiger partial charge in [0.05, 0.1) is 17.2 Å². The molecule has 0 radical (unpaired) electrons. The lowest BCUT2D eigenvalue weighted by molar-refractivity contribution is 0.0936. The first-order valence-corrected chi connectivity index (χ1v) is 6.09. The third kappa shape index (κ3) is 3.27. The molecule has 1 rings (SSSR count). The van der Waals surface area contributed by atoms with Crippen molar-refractivity contribution in [1.82, 2.24) is 5.32 Å². The molecule has 0 aliphatic rings. The summed E-state index contributed by atoms with van der Waals surface area (Å²) in [4.78, 5) is 12.0. The second-order valence-electron chi connectivity index (χ2n) is 3.72. The average Bonchev–Trinajstić information content (AvgIpc) is 2.31. The van der Waals surface area contributed by atoms with Crippen LogP contribution in [0.4, 0.5) is 0 Å². The van der Waals surface area contributed by atoms with Gasteiger partial charge in [0.25, 0.3) is 5.91 Å². The standard InChI is InChI=1S/C12H15Cl2NO2/c1-4-7(2)15-12(16)10-8(13)5-6-9(14)11(10)17-3/h5-7H,4H2,1-3H3,(H,15,16). The van der Waals surface area contributed by atoms with Crippen LogP contribution in [0.5, 0.6) is 5.75 Å². The fourth-order valence-electron chi connectivity index (χ4n) is 1.34. The van der Waals surface area contributed by atoms with Gasteiger partial charge in [-0.3, -0.25) is 4.79 Å². The van der Waals surface area contributed by atoms with E-state index in [2.05, 4.69) is 5.32 Å². The van der Waals surface area contributed by atoms with E-state index in [0.29, 0.717) is 15.8 Å². The van der Waals surface area contributed by atoms with Crippen molar-refractivity contribution in [3.63, 3.8) is 0 Å². The maximum atomic E-state index is 12.0. The highest BCUT2D eigenvalue weighted by atomic mass is 35.5. The number of carbonyl (C=O) groups is 1. The molecule has 0 saturated carbocycles. The van der Waals surface area contributed by atoms with Crippen molar-refractivity contribution in [3.05, 3.63) is 27.7 Å². The number of hydrogen-bond acceptors (Lipinski definition) is 2. The van der Waals surface area contributed by atoms with Gasteiger partial charge in [0.2, 0.25) is 0 Å². The molecule has 3 nitrogen and oxygen atoms in total. The van der Waals surface area contributed by atoms with E-state index in [1.54, 1.807) is 12.1 Å². The van der Waals surface area contributed by atoms with Gasteiger partial charge in [-0.25, -0.2) is 0 Å². The Kier molecular flexibility index (Phi) is 5.09. The largest absolute Gasteiger partial charge is 0.494 e. The molecule has 17 heavy (non-hydrogen) atoms. The first-order valence-electron chi connectivity index (χ1n) is 5.34. The Labute approximate surface area is 111 Å².